The molecule has 0 heterocycles. The first-order chi connectivity index (χ1) is 9.89. The molecule has 116 valence electrons. The second-order valence-electron chi connectivity index (χ2n) is 6.27. The van der Waals surface area contributed by atoms with E-state index in [2.05, 4.69) is 44.3 Å². The van der Waals surface area contributed by atoms with Gasteiger partial charge >= 0.3 is 0 Å². The normalized spacial score (nSPS) is 12.8. The van der Waals surface area contributed by atoms with E-state index in [4.69, 9.17) is 10.00 Å². The first kappa shape index (κ1) is 17.5. The molecule has 0 aliphatic carbocycles. The van der Waals surface area contributed by atoms with Crippen molar-refractivity contribution in [3.63, 3.8) is 0 Å². The summed E-state index contributed by atoms with van der Waals surface area (Å²) in [5.74, 6) is 0.948. The number of ether oxygens (including phenoxy) is 1. The Kier molecular flexibility index (Phi) is 6.71. The number of nitrogens with one attached hydrogen (secondary N) is 1. The largest absolute Gasteiger partial charge is 0.493 e. The molecule has 1 aromatic carbocycles. The van der Waals surface area contributed by atoms with Crippen LogP contribution in [0.2, 0.25) is 0 Å². The Bertz CT molecular complexity index is 488. The zero-order valence-corrected chi connectivity index (χ0v) is 14.0. The summed E-state index contributed by atoms with van der Waals surface area (Å²) in [6, 6.07) is 8.92. The summed E-state index contributed by atoms with van der Waals surface area (Å²) in [6.45, 7) is 11.9. The minimum absolute atomic E-state index is 0.267. The average Bonchev–Trinajstić information content (AvgIpc) is 2.45. The van der Waals surface area contributed by atoms with Gasteiger partial charge in [-0.2, -0.15) is 5.26 Å². The van der Waals surface area contributed by atoms with Crippen molar-refractivity contribution in [2.45, 2.75) is 53.5 Å². The van der Waals surface area contributed by atoms with Gasteiger partial charge in [0, 0.05) is 11.6 Å². The molecule has 1 atom stereocenters. The molecule has 1 unspecified atom stereocenters. The van der Waals surface area contributed by atoms with Gasteiger partial charge in [-0.05, 0) is 53.1 Å². The van der Waals surface area contributed by atoms with E-state index in [0.717, 1.165) is 25.1 Å². The van der Waals surface area contributed by atoms with E-state index in [-0.39, 0.29) is 11.5 Å². The van der Waals surface area contributed by atoms with Crippen molar-refractivity contribution in [1.82, 2.24) is 5.32 Å². The van der Waals surface area contributed by atoms with Crippen LogP contribution in [0.1, 0.15) is 57.7 Å². The molecule has 3 heteroatoms. The lowest BCUT2D eigenvalue weighted by molar-refractivity contribution is 0.280. The van der Waals surface area contributed by atoms with E-state index < -0.39 is 0 Å². The molecule has 0 bridgehead atoms. The van der Waals surface area contributed by atoms with E-state index in [0.29, 0.717) is 6.61 Å². The number of hydrogen-bond acceptors (Lipinski definition) is 3. The predicted molar refractivity (Wildman–Crippen MR) is 87.4 cm³/mol. The van der Waals surface area contributed by atoms with E-state index >= 15 is 0 Å². The maximum absolute atomic E-state index is 9.02. The molecule has 1 aromatic rings. The van der Waals surface area contributed by atoms with Crippen molar-refractivity contribution < 1.29 is 4.74 Å². The van der Waals surface area contributed by atoms with Gasteiger partial charge < -0.3 is 10.1 Å². The second-order valence-corrected chi connectivity index (χ2v) is 6.27. The quantitative estimate of drug-likeness (QED) is 0.722. The smallest absolute Gasteiger partial charge is 0.124 e. The molecule has 0 spiro atoms. The third-order valence-corrected chi connectivity index (χ3v) is 3.65. The number of benzene rings is 1. The number of nitrogens with zero attached hydrogens (tertiary/aromatic N) is 1. The van der Waals surface area contributed by atoms with E-state index in [1.54, 1.807) is 0 Å². The molecule has 3 nitrogen and oxygen atoms in total. The summed E-state index contributed by atoms with van der Waals surface area (Å²) < 4.78 is 5.95. The van der Waals surface area contributed by atoms with Gasteiger partial charge in [0.25, 0.3) is 0 Å². The van der Waals surface area contributed by atoms with Crippen LogP contribution < -0.4 is 10.1 Å². The van der Waals surface area contributed by atoms with Gasteiger partial charge in [0.1, 0.15) is 5.75 Å². The SMILES string of the molecule is CCNC(C)c1cc(C)ccc1OCCCC(C)(C)C#N. The third-order valence-electron chi connectivity index (χ3n) is 3.65. The zero-order chi connectivity index (χ0) is 15.9. The van der Waals surface area contributed by atoms with Gasteiger partial charge in [0.15, 0.2) is 0 Å². The van der Waals surface area contributed by atoms with Crippen molar-refractivity contribution in [3.05, 3.63) is 29.3 Å². The Balaban J connectivity index is 2.64. The van der Waals surface area contributed by atoms with Gasteiger partial charge in [-0.1, -0.05) is 24.6 Å². The first-order valence-corrected chi connectivity index (χ1v) is 7.77. The molecule has 0 radical (unpaired) electrons. The summed E-state index contributed by atoms with van der Waals surface area (Å²) in [5, 5.41) is 12.4. The Morgan fingerprint density at radius 2 is 2.10 bits per heavy atom. The van der Waals surface area contributed by atoms with Gasteiger partial charge in [-0.25, -0.2) is 0 Å². The van der Waals surface area contributed by atoms with Crippen molar-refractivity contribution in [3.8, 4) is 11.8 Å². The Hall–Kier alpha value is -1.53. The first-order valence-electron chi connectivity index (χ1n) is 7.77. The van der Waals surface area contributed by atoms with Crippen molar-refractivity contribution in [1.29, 1.82) is 5.26 Å². The van der Waals surface area contributed by atoms with Crippen molar-refractivity contribution in [2.75, 3.05) is 13.2 Å². The average molecular weight is 288 g/mol. The lowest BCUT2D eigenvalue weighted by Gasteiger charge is -2.19. The lowest BCUT2D eigenvalue weighted by atomic mass is 9.90. The lowest BCUT2D eigenvalue weighted by Crippen LogP contribution is -2.19. The molecular weight excluding hydrogens is 260 g/mol. The predicted octanol–water partition coefficient (Wildman–Crippen LogP) is 4.37. The minimum atomic E-state index is -0.267. The highest BCUT2D eigenvalue weighted by Gasteiger charge is 2.16. The molecule has 0 saturated carbocycles. The monoisotopic (exact) mass is 288 g/mol. The van der Waals surface area contributed by atoms with Crippen LogP contribution in [0.25, 0.3) is 0 Å². The Labute approximate surface area is 129 Å². The van der Waals surface area contributed by atoms with E-state index in [9.17, 15) is 0 Å². The van der Waals surface area contributed by atoms with Gasteiger partial charge in [0.2, 0.25) is 0 Å². The molecule has 0 fully saturated rings. The van der Waals surface area contributed by atoms with Crippen LogP contribution in [-0.2, 0) is 0 Å². The highest BCUT2D eigenvalue weighted by Crippen LogP contribution is 2.27. The fourth-order valence-corrected chi connectivity index (χ4v) is 2.31. The van der Waals surface area contributed by atoms with Gasteiger partial charge in [0.05, 0.1) is 18.1 Å². The van der Waals surface area contributed by atoms with E-state index in [1.165, 1.54) is 11.1 Å². The topological polar surface area (TPSA) is 45.0 Å². The molecule has 0 amide bonds. The molecule has 1 N–H and O–H groups in total. The molecular formula is C18H28N2O. The van der Waals surface area contributed by atoms with E-state index in [1.807, 2.05) is 19.9 Å². The maximum atomic E-state index is 9.02. The molecule has 0 aromatic heterocycles. The number of aryl methyl sites for hydroxylation is 1. The van der Waals surface area contributed by atoms with Crippen LogP contribution in [0.4, 0.5) is 0 Å². The molecule has 1 rings (SSSR count). The van der Waals surface area contributed by atoms with Crippen LogP contribution in [0, 0.1) is 23.7 Å². The number of rotatable bonds is 8. The van der Waals surface area contributed by atoms with Crippen molar-refractivity contribution >= 4 is 0 Å². The highest BCUT2D eigenvalue weighted by atomic mass is 16.5. The Morgan fingerprint density at radius 1 is 1.38 bits per heavy atom. The zero-order valence-electron chi connectivity index (χ0n) is 14.0. The van der Waals surface area contributed by atoms with Crippen LogP contribution in [-0.4, -0.2) is 13.2 Å². The standard InChI is InChI=1S/C18H28N2O/c1-6-20-15(3)16-12-14(2)8-9-17(16)21-11-7-10-18(4,5)13-19/h8-9,12,15,20H,6-7,10-11H2,1-5H3. The molecule has 0 aliphatic heterocycles. The summed E-state index contributed by atoms with van der Waals surface area (Å²) in [4.78, 5) is 0. The van der Waals surface area contributed by atoms with Crippen molar-refractivity contribution in [2.24, 2.45) is 5.41 Å². The molecule has 21 heavy (non-hydrogen) atoms. The molecule has 0 aliphatic rings. The van der Waals surface area contributed by atoms with Crippen LogP contribution in [0.5, 0.6) is 5.75 Å². The third kappa shape index (κ3) is 5.77. The van der Waals surface area contributed by atoms with Crippen LogP contribution >= 0.6 is 0 Å². The molecule has 0 saturated heterocycles. The Morgan fingerprint density at radius 3 is 2.71 bits per heavy atom. The highest BCUT2D eigenvalue weighted by molar-refractivity contribution is 5.39. The summed E-state index contributed by atoms with van der Waals surface area (Å²) >= 11 is 0. The minimum Gasteiger partial charge on any atom is -0.493 e. The number of hydrogen-bond donors (Lipinski definition) is 1. The van der Waals surface area contributed by atoms with Gasteiger partial charge in [-0.3, -0.25) is 0 Å². The summed E-state index contributed by atoms with van der Waals surface area (Å²) in [5.41, 5.74) is 2.18. The summed E-state index contributed by atoms with van der Waals surface area (Å²) in [7, 11) is 0. The maximum Gasteiger partial charge on any atom is 0.124 e. The second kappa shape index (κ2) is 8.05. The van der Waals surface area contributed by atoms with Gasteiger partial charge in [-0.15, -0.1) is 0 Å². The van der Waals surface area contributed by atoms with Crippen LogP contribution in [0.15, 0.2) is 18.2 Å². The summed E-state index contributed by atoms with van der Waals surface area (Å²) in [6.07, 6.45) is 1.75. The number of nitriles is 1. The fourth-order valence-electron chi connectivity index (χ4n) is 2.31. The fraction of sp³-hybridized carbons (Fsp3) is 0.611. The van der Waals surface area contributed by atoms with Crippen LogP contribution in [0.3, 0.4) is 0 Å².